The number of hydrogen-bond donors (Lipinski definition) is 8. The van der Waals surface area contributed by atoms with Crippen LogP contribution in [-0.4, -0.2) is 60.9 Å². The maximum atomic E-state index is 12.0. The number of nitrogens with one attached hydrogen (secondary N) is 6. The topological polar surface area (TPSA) is 164 Å². The van der Waals surface area contributed by atoms with Gasteiger partial charge in [0, 0.05) is 49.3 Å². The quantitative estimate of drug-likeness (QED) is 0.0437. The molecule has 4 rings (SSSR count). The van der Waals surface area contributed by atoms with Crippen LogP contribution >= 0.6 is 0 Å². The van der Waals surface area contributed by atoms with Crippen molar-refractivity contribution in [3.05, 3.63) is 107 Å². The minimum atomic E-state index is -0.383. The molecule has 0 saturated heterocycles. The molecule has 0 unspecified atom stereocenters. The van der Waals surface area contributed by atoms with Gasteiger partial charge in [0.15, 0.2) is 0 Å². The number of aromatic hydroxyl groups is 2. The number of hydrogen-bond acceptors (Lipinski definition) is 6. The Balaban J connectivity index is 0.000000345. The highest BCUT2D eigenvalue weighted by Gasteiger charge is 2.25. The molecule has 0 aromatic heterocycles. The fourth-order valence-electron chi connectivity index (χ4n) is 7.31. The molecular formula is C54H80N6O5. The zero-order valence-corrected chi connectivity index (χ0v) is 41.5. The molecule has 0 heterocycles. The molecule has 5 amide bonds. The van der Waals surface area contributed by atoms with E-state index < -0.39 is 0 Å². The summed E-state index contributed by atoms with van der Waals surface area (Å²) in [5.74, 6) is 0.580. The average Bonchev–Trinajstić information content (AvgIpc) is 3.23. The van der Waals surface area contributed by atoms with Crippen molar-refractivity contribution in [3.8, 4) is 33.8 Å². The molecule has 0 fully saturated rings. The fraction of sp³-hybridized carbons (Fsp3) is 0.500. The van der Waals surface area contributed by atoms with Crippen molar-refractivity contribution < 1.29 is 24.6 Å². The van der Waals surface area contributed by atoms with E-state index in [0.717, 1.165) is 83.3 Å². The van der Waals surface area contributed by atoms with E-state index in [9.17, 15) is 24.6 Å². The minimum absolute atomic E-state index is 0.0160. The van der Waals surface area contributed by atoms with Crippen molar-refractivity contribution in [1.82, 2.24) is 31.9 Å². The highest BCUT2D eigenvalue weighted by atomic mass is 16.3. The van der Waals surface area contributed by atoms with Crippen molar-refractivity contribution in [1.29, 1.82) is 0 Å². The summed E-state index contributed by atoms with van der Waals surface area (Å²) in [6.07, 6.45) is 3.88. The van der Waals surface area contributed by atoms with E-state index in [4.69, 9.17) is 0 Å². The molecule has 4 aromatic carbocycles. The predicted molar refractivity (Wildman–Crippen MR) is 268 cm³/mol. The third kappa shape index (κ3) is 18.5. The number of carbonyl (C=O) groups excluding carboxylic acids is 3. The Morgan fingerprint density at radius 3 is 1.34 bits per heavy atom. The van der Waals surface area contributed by atoms with Crippen LogP contribution in [0.5, 0.6) is 11.5 Å². The molecule has 0 saturated carbocycles. The summed E-state index contributed by atoms with van der Waals surface area (Å²) >= 11 is 0. The first-order valence-electron chi connectivity index (χ1n) is 23.3. The lowest BCUT2D eigenvalue weighted by atomic mass is 9.79. The fourth-order valence-corrected chi connectivity index (χ4v) is 7.31. The molecule has 11 nitrogen and oxygen atoms in total. The molecule has 8 N–H and O–H groups in total. The molecule has 0 aliphatic heterocycles. The Hall–Kier alpha value is -5.55. The van der Waals surface area contributed by atoms with Gasteiger partial charge in [-0.25, -0.2) is 9.59 Å². The van der Waals surface area contributed by atoms with Crippen molar-refractivity contribution in [2.75, 3.05) is 32.7 Å². The second-order valence-electron chi connectivity index (χ2n) is 20.5. The third-order valence-electron chi connectivity index (χ3n) is 11.4. The maximum absolute atomic E-state index is 12.0. The lowest BCUT2D eigenvalue weighted by Gasteiger charge is -2.26. The molecule has 0 bridgehead atoms. The summed E-state index contributed by atoms with van der Waals surface area (Å²) in [6, 6.07) is 27.2. The van der Waals surface area contributed by atoms with Gasteiger partial charge < -0.3 is 42.1 Å². The predicted octanol–water partition coefficient (Wildman–Crippen LogP) is 10.7. The highest BCUT2D eigenvalue weighted by Crippen LogP contribution is 2.38. The van der Waals surface area contributed by atoms with Crippen molar-refractivity contribution in [2.45, 2.75) is 133 Å². The normalized spacial score (nSPS) is 11.8. The van der Waals surface area contributed by atoms with E-state index in [-0.39, 0.29) is 45.7 Å². The highest BCUT2D eigenvalue weighted by molar-refractivity contribution is 5.81. The van der Waals surface area contributed by atoms with Crippen LogP contribution in [0.2, 0.25) is 0 Å². The Bertz CT molecular complexity index is 2150. The van der Waals surface area contributed by atoms with Crippen LogP contribution in [0.3, 0.4) is 0 Å². The maximum Gasteiger partial charge on any atom is 0.315 e. The first-order chi connectivity index (χ1) is 30.5. The van der Waals surface area contributed by atoms with E-state index in [1.807, 2.05) is 107 Å². The van der Waals surface area contributed by atoms with Gasteiger partial charge in [-0.3, -0.25) is 4.79 Å². The molecule has 0 atom stereocenters. The van der Waals surface area contributed by atoms with Crippen molar-refractivity contribution >= 4 is 18.0 Å². The standard InChI is InChI=1S/C27H39N3O3.C27H41N3O2/c1-7-28-25(33)30-18-19-10-8-11-20(16-19)22-13-12-21(17-23(22)31)27(5,6)14-9-15-29-24(32)26(2,3)4;1-7-29-25(32)30-18-20-10-8-11-21(16-20)23-13-12-22(17-24(23)31)27(5,6)14-9-15-28-19-26(2,3)4/h8,10-13,16-17,31H,7,9,14-15,18H2,1-6H3,(H,29,32)(H2,28,30,33);8,10-13,16-17,28,31H,7,9,14-15,18-19H2,1-6H3,(H2,29,30,32). The number of benzene rings is 4. The van der Waals surface area contributed by atoms with E-state index >= 15 is 0 Å². The van der Waals surface area contributed by atoms with Crippen molar-refractivity contribution in [3.63, 3.8) is 0 Å². The molecule has 4 aromatic rings. The Labute approximate surface area is 390 Å². The van der Waals surface area contributed by atoms with Crippen LogP contribution in [0, 0.1) is 10.8 Å². The molecular weight excluding hydrogens is 813 g/mol. The second-order valence-corrected chi connectivity index (χ2v) is 20.5. The van der Waals surface area contributed by atoms with Gasteiger partial charge in [0.2, 0.25) is 5.91 Å². The number of rotatable bonds is 19. The lowest BCUT2D eigenvalue weighted by molar-refractivity contribution is -0.128. The van der Waals surface area contributed by atoms with Gasteiger partial charge in [-0.05, 0) is 127 Å². The van der Waals surface area contributed by atoms with Gasteiger partial charge in [-0.1, -0.05) is 130 Å². The number of amides is 5. The van der Waals surface area contributed by atoms with Gasteiger partial charge in [0.05, 0.1) is 0 Å². The third-order valence-corrected chi connectivity index (χ3v) is 11.4. The summed E-state index contributed by atoms with van der Waals surface area (Å²) < 4.78 is 0. The van der Waals surface area contributed by atoms with Crippen LogP contribution in [0.1, 0.15) is 131 Å². The number of urea groups is 2. The average molecular weight is 893 g/mol. The van der Waals surface area contributed by atoms with E-state index in [2.05, 4.69) is 92.5 Å². The van der Waals surface area contributed by atoms with E-state index in [1.54, 1.807) is 0 Å². The molecule has 0 radical (unpaired) electrons. The monoisotopic (exact) mass is 893 g/mol. The Morgan fingerprint density at radius 2 is 0.954 bits per heavy atom. The molecule has 11 heteroatoms. The van der Waals surface area contributed by atoms with Crippen LogP contribution in [0.25, 0.3) is 22.3 Å². The summed E-state index contributed by atoms with van der Waals surface area (Å²) in [5.41, 5.74) is 7.30. The van der Waals surface area contributed by atoms with Crippen LogP contribution in [0.4, 0.5) is 9.59 Å². The zero-order chi connectivity index (χ0) is 48.4. The van der Waals surface area contributed by atoms with Gasteiger partial charge in [0.1, 0.15) is 11.5 Å². The van der Waals surface area contributed by atoms with Gasteiger partial charge in [-0.15, -0.1) is 0 Å². The first kappa shape index (κ1) is 53.8. The number of phenolic OH excluding ortho intramolecular Hbond substituents is 2. The van der Waals surface area contributed by atoms with Crippen LogP contribution in [-0.2, 0) is 28.7 Å². The largest absolute Gasteiger partial charge is 0.507 e. The summed E-state index contributed by atoms with van der Waals surface area (Å²) in [7, 11) is 0. The zero-order valence-electron chi connectivity index (χ0n) is 41.5. The number of phenols is 2. The smallest absolute Gasteiger partial charge is 0.315 e. The Kier molecular flexibility index (Phi) is 20.4. The SMILES string of the molecule is CCNC(=O)NCc1cccc(-c2ccc(C(C)(C)CCCNC(=O)C(C)(C)C)cc2O)c1.CCNC(=O)NCc1cccc(-c2ccc(C(C)(C)CCCNCC(C)(C)C)cc2O)c1. The minimum Gasteiger partial charge on any atom is -0.507 e. The summed E-state index contributed by atoms with van der Waals surface area (Å²) in [4.78, 5) is 35.3. The van der Waals surface area contributed by atoms with Crippen LogP contribution in [0.15, 0.2) is 84.9 Å². The molecule has 0 aliphatic carbocycles. The number of carbonyl (C=O) groups is 3. The van der Waals surface area contributed by atoms with Gasteiger partial charge in [0.25, 0.3) is 0 Å². The Morgan fingerprint density at radius 1 is 0.523 bits per heavy atom. The summed E-state index contributed by atoms with van der Waals surface area (Å²) in [6.45, 7) is 29.7. The molecule has 0 aliphatic rings. The lowest BCUT2D eigenvalue weighted by Crippen LogP contribution is -2.35. The van der Waals surface area contributed by atoms with E-state index in [0.29, 0.717) is 38.1 Å². The van der Waals surface area contributed by atoms with Crippen LogP contribution < -0.4 is 31.9 Å². The molecule has 356 valence electrons. The molecule has 0 spiro atoms. The first-order valence-corrected chi connectivity index (χ1v) is 23.3. The summed E-state index contributed by atoms with van der Waals surface area (Å²) in [5, 5.41) is 39.2. The van der Waals surface area contributed by atoms with Crippen molar-refractivity contribution in [2.24, 2.45) is 10.8 Å². The second kappa shape index (κ2) is 24.7. The van der Waals surface area contributed by atoms with Gasteiger partial charge in [-0.2, -0.15) is 0 Å². The van der Waals surface area contributed by atoms with E-state index in [1.165, 1.54) is 0 Å². The molecule has 65 heavy (non-hydrogen) atoms. The van der Waals surface area contributed by atoms with Gasteiger partial charge >= 0.3 is 12.1 Å².